The van der Waals surface area contributed by atoms with Gasteiger partial charge in [-0.1, -0.05) is 39.0 Å². The van der Waals surface area contributed by atoms with Gasteiger partial charge in [0, 0.05) is 11.3 Å². The van der Waals surface area contributed by atoms with Crippen molar-refractivity contribution in [3.8, 4) is 0 Å². The molecule has 0 spiro atoms. The van der Waals surface area contributed by atoms with E-state index in [9.17, 15) is 8.42 Å². The summed E-state index contributed by atoms with van der Waals surface area (Å²) in [5, 5.41) is 1.25. The average Bonchev–Trinajstić information content (AvgIpc) is 2.48. The Bertz CT molecular complexity index is 647. The highest BCUT2D eigenvalue weighted by molar-refractivity contribution is 7.94. The van der Waals surface area contributed by atoms with Crippen LogP contribution in [0.1, 0.15) is 34.6 Å². The van der Waals surface area contributed by atoms with Crippen LogP contribution in [0.2, 0.25) is 0 Å². The SMILES string of the molecule is CC(C)[C@@H]1OC(C)(C)O[C@@H](/C=C/S(=O)(=O)c2ccccc2)[C@@H]1C. The molecule has 1 aromatic carbocycles. The van der Waals surface area contributed by atoms with Gasteiger partial charge in [-0.2, -0.15) is 0 Å². The van der Waals surface area contributed by atoms with Crippen LogP contribution in [-0.4, -0.2) is 26.4 Å². The molecule has 0 unspecified atom stereocenters. The molecular weight excluding hydrogens is 312 g/mol. The van der Waals surface area contributed by atoms with Crippen LogP contribution in [0.15, 0.2) is 46.7 Å². The second-order valence-corrected chi connectivity index (χ2v) is 8.69. The van der Waals surface area contributed by atoms with Crippen LogP contribution in [0, 0.1) is 11.8 Å². The van der Waals surface area contributed by atoms with E-state index >= 15 is 0 Å². The molecular formula is C18H26O4S. The maximum atomic E-state index is 12.4. The fourth-order valence-electron chi connectivity index (χ4n) is 2.91. The van der Waals surface area contributed by atoms with Crippen molar-refractivity contribution in [1.29, 1.82) is 0 Å². The second-order valence-electron chi connectivity index (χ2n) is 6.85. The first-order chi connectivity index (χ1) is 10.6. The summed E-state index contributed by atoms with van der Waals surface area (Å²) in [6.45, 7) is 9.96. The molecule has 1 aromatic rings. The Labute approximate surface area is 139 Å². The summed E-state index contributed by atoms with van der Waals surface area (Å²) in [5.41, 5.74) is 0. The molecule has 0 radical (unpaired) electrons. The van der Waals surface area contributed by atoms with Crippen molar-refractivity contribution in [2.45, 2.75) is 57.5 Å². The van der Waals surface area contributed by atoms with E-state index in [4.69, 9.17) is 9.47 Å². The van der Waals surface area contributed by atoms with Crippen molar-refractivity contribution in [2.24, 2.45) is 11.8 Å². The first-order valence-electron chi connectivity index (χ1n) is 7.96. The van der Waals surface area contributed by atoms with E-state index < -0.39 is 15.6 Å². The molecule has 0 N–H and O–H groups in total. The average molecular weight is 338 g/mol. The van der Waals surface area contributed by atoms with Crippen LogP contribution in [0.4, 0.5) is 0 Å². The minimum Gasteiger partial charge on any atom is -0.347 e. The molecule has 5 heteroatoms. The molecule has 1 heterocycles. The predicted molar refractivity (Wildman–Crippen MR) is 90.6 cm³/mol. The lowest BCUT2D eigenvalue weighted by Gasteiger charge is -2.45. The Morgan fingerprint density at radius 2 is 1.74 bits per heavy atom. The molecule has 0 amide bonds. The van der Waals surface area contributed by atoms with E-state index in [2.05, 4.69) is 13.8 Å². The van der Waals surface area contributed by atoms with Gasteiger partial charge < -0.3 is 9.47 Å². The highest BCUT2D eigenvalue weighted by Gasteiger charge is 2.41. The molecule has 2 rings (SSSR count). The van der Waals surface area contributed by atoms with Crippen molar-refractivity contribution < 1.29 is 17.9 Å². The summed E-state index contributed by atoms with van der Waals surface area (Å²) in [6, 6.07) is 8.41. The molecule has 1 saturated heterocycles. The maximum absolute atomic E-state index is 12.4. The van der Waals surface area contributed by atoms with E-state index in [-0.39, 0.29) is 23.0 Å². The first kappa shape index (κ1) is 18.2. The van der Waals surface area contributed by atoms with Crippen LogP contribution >= 0.6 is 0 Å². The molecule has 0 saturated carbocycles. The summed E-state index contributed by atoms with van der Waals surface area (Å²) >= 11 is 0. The maximum Gasteiger partial charge on any atom is 0.199 e. The summed E-state index contributed by atoms with van der Waals surface area (Å²) < 4.78 is 36.7. The van der Waals surface area contributed by atoms with E-state index in [1.54, 1.807) is 36.4 Å². The first-order valence-corrected chi connectivity index (χ1v) is 9.51. The summed E-state index contributed by atoms with van der Waals surface area (Å²) in [5.74, 6) is -0.326. The van der Waals surface area contributed by atoms with Crippen molar-refractivity contribution in [2.75, 3.05) is 0 Å². The van der Waals surface area contributed by atoms with Crippen molar-refractivity contribution in [3.63, 3.8) is 0 Å². The fraction of sp³-hybridized carbons (Fsp3) is 0.556. The minimum atomic E-state index is -3.46. The van der Waals surface area contributed by atoms with Gasteiger partial charge in [-0.25, -0.2) is 8.42 Å². The highest BCUT2D eigenvalue weighted by atomic mass is 32.2. The van der Waals surface area contributed by atoms with E-state index in [1.807, 2.05) is 20.8 Å². The lowest BCUT2D eigenvalue weighted by atomic mass is 9.88. The van der Waals surface area contributed by atoms with Crippen molar-refractivity contribution >= 4 is 9.84 Å². The Balaban J connectivity index is 2.23. The Morgan fingerprint density at radius 1 is 1.13 bits per heavy atom. The second kappa shape index (κ2) is 6.75. The van der Waals surface area contributed by atoms with Gasteiger partial charge in [0.05, 0.1) is 17.1 Å². The highest BCUT2D eigenvalue weighted by Crippen LogP contribution is 2.35. The number of sulfone groups is 1. The van der Waals surface area contributed by atoms with Gasteiger partial charge >= 0.3 is 0 Å². The molecule has 128 valence electrons. The lowest BCUT2D eigenvalue weighted by molar-refractivity contribution is -0.316. The van der Waals surface area contributed by atoms with Gasteiger partial charge in [0.2, 0.25) is 0 Å². The molecule has 4 nitrogen and oxygen atoms in total. The molecule has 1 aliphatic rings. The van der Waals surface area contributed by atoms with Crippen molar-refractivity contribution in [3.05, 3.63) is 41.8 Å². The summed E-state index contributed by atoms with van der Waals surface area (Å²) in [7, 11) is -3.46. The Morgan fingerprint density at radius 3 is 2.30 bits per heavy atom. The number of benzene rings is 1. The standard InChI is InChI=1S/C18H26O4S/c1-13(2)17-14(3)16(21-18(4,5)22-17)11-12-23(19,20)15-9-7-6-8-10-15/h6-14,16-17H,1-5H3/b12-11+/t14-,16-,17-/m0/s1. The van der Waals surface area contributed by atoms with Gasteiger partial charge in [0.1, 0.15) is 0 Å². The zero-order valence-electron chi connectivity index (χ0n) is 14.4. The lowest BCUT2D eigenvalue weighted by Crippen LogP contribution is -2.51. The number of hydrogen-bond acceptors (Lipinski definition) is 4. The number of hydrogen-bond donors (Lipinski definition) is 0. The van der Waals surface area contributed by atoms with Gasteiger partial charge in [0.25, 0.3) is 0 Å². The third kappa shape index (κ3) is 4.43. The van der Waals surface area contributed by atoms with E-state index in [0.29, 0.717) is 5.92 Å². The smallest absolute Gasteiger partial charge is 0.199 e. The minimum absolute atomic E-state index is 0.0211. The molecule has 0 bridgehead atoms. The van der Waals surface area contributed by atoms with Crippen LogP contribution in [0.5, 0.6) is 0 Å². The number of rotatable bonds is 4. The van der Waals surface area contributed by atoms with Crippen LogP contribution < -0.4 is 0 Å². The van der Waals surface area contributed by atoms with Gasteiger partial charge in [-0.05, 0) is 38.0 Å². The van der Waals surface area contributed by atoms with Crippen LogP contribution in [0.3, 0.4) is 0 Å². The molecule has 23 heavy (non-hydrogen) atoms. The number of ether oxygens (including phenoxy) is 2. The van der Waals surface area contributed by atoms with Crippen molar-refractivity contribution in [1.82, 2.24) is 0 Å². The quantitative estimate of drug-likeness (QED) is 0.838. The van der Waals surface area contributed by atoms with Crippen LogP contribution in [-0.2, 0) is 19.3 Å². The fourth-order valence-corrected chi connectivity index (χ4v) is 3.97. The Kier molecular flexibility index (Phi) is 5.33. The third-order valence-electron chi connectivity index (χ3n) is 4.05. The normalized spacial score (nSPS) is 28.3. The monoisotopic (exact) mass is 338 g/mol. The predicted octanol–water partition coefficient (Wildman–Crippen LogP) is 3.79. The topological polar surface area (TPSA) is 52.6 Å². The van der Waals surface area contributed by atoms with Gasteiger partial charge in [-0.15, -0.1) is 0 Å². The Hall–Kier alpha value is -1.17. The largest absolute Gasteiger partial charge is 0.347 e. The van der Waals surface area contributed by atoms with Gasteiger partial charge in [0.15, 0.2) is 15.6 Å². The third-order valence-corrected chi connectivity index (χ3v) is 5.50. The zero-order valence-corrected chi connectivity index (χ0v) is 15.2. The zero-order chi connectivity index (χ0) is 17.3. The van der Waals surface area contributed by atoms with E-state index in [0.717, 1.165) is 0 Å². The van der Waals surface area contributed by atoms with Crippen LogP contribution in [0.25, 0.3) is 0 Å². The molecule has 1 aliphatic heterocycles. The van der Waals surface area contributed by atoms with E-state index in [1.165, 1.54) is 5.41 Å². The molecule has 0 aliphatic carbocycles. The summed E-state index contributed by atoms with van der Waals surface area (Å²) in [6.07, 6.45) is 1.37. The molecule has 1 fully saturated rings. The molecule has 0 aromatic heterocycles. The van der Waals surface area contributed by atoms with Gasteiger partial charge in [-0.3, -0.25) is 0 Å². The summed E-state index contributed by atoms with van der Waals surface area (Å²) in [4.78, 5) is 0.288. The molecule has 3 atom stereocenters.